The van der Waals surface area contributed by atoms with E-state index in [-0.39, 0.29) is 5.82 Å². The predicted octanol–water partition coefficient (Wildman–Crippen LogP) is 3.30. The Labute approximate surface area is 101 Å². The van der Waals surface area contributed by atoms with Crippen LogP contribution in [0.3, 0.4) is 0 Å². The van der Waals surface area contributed by atoms with Crippen molar-refractivity contribution in [1.82, 2.24) is 0 Å². The summed E-state index contributed by atoms with van der Waals surface area (Å²) in [5, 5.41) is 0. The van der Waals surface area contributed by atoms with Gasteiger partial charge in [-0.25, -0.2) is 4.39 Å². The second-order valence-corrected chi connectivity index (χ2v) is 4.19. The Morgan fingerprint density at radius 3 is 2.53 bits per heavy atom. The SMILES string of the molecule is Cc1ccc(-c2cccc(F)c2)cc1CCN. The van der Waals surface area contributed by atoms with E-state index in [1.807, 2.05) is 12.1 Å². The number of hydrogen-bond acceptors (Lipinski definition) is 1. The molecule has 88 valence electrons. The maximum absolute atomic E-state index is 13.2. The molecule has 2 rings (SSSR count). The minimum absolute atomic E-state index is 0.205. The molecule has 2 N–H and O–H groups in total. The van der Waals surface area contributed by atoms with Gasteiger partial charge in [-0.15, -0.1) is 0 Å². The smallest absolute Gasteiger partial charge is 0.123 e. The lowest BCUT2D eigenvalue weighted by Crippen LogP contribution is -2.04. The lowest BCUT2D eigenvalue weighted by Gasteiger charge is -2.08. The van der Waals surface area contributed by atoms with Crippen LogP contribution in [0.5, 0.6) is 0 Å². The maximum Gasteiger partial charge on any atom is 0.123 e. The lowest BCUT2D eigenvalue weighted by molar-refractivity contribution is 0.628. The van der Waals surface area contributed by atoms with Crippen LogP contribution in [0.15, 0.2) is 42.5 Å². The second-order valence-electron chi connectivity index (χ2n) is 4.19. The molecule has 0 radical (unpaired) electrons. The van der Waals surface area contributed by atoms with Crippen LogP contribution >= 0.6 is 0 Å². The van der Waals surface area contributed by atoms with Gasteiger partial charge in [-0.2, -0.15) is 0 Å². The van der Waals surface area contributed by atoms with Crippen LogP contribution in [-0.2, 0) is 6.42 Å². The molecule has 2 heteroatoms. The summed E-state index contributed by atoms with van der Waals surface area (Å²) in [5.74, 6) is -0.205. The molecule has 0 unspecified atom stereocenters. The summed E-state index contributed by atoms with van der Waals surface area (Å²) < 4.78 is 13.2. The molecule has 0 heterocycles. The van der Waals surface area contributed by atoms with Crippen molar-refractivity contribution in [3.8, 4) is 11.1 Å². The Bertz CT molecular complexity index is 520. The van der Waals surface area contributed by atoms with Gasteiger partial charge in [0.15, 0.2) is 0 Å². The molecular formula is C15H16FN. The zero-order valence-corrected chi connectivity index (χ0v) is 9.91. The Hall–Kier alpha value is -1.67. The molecule has 0 saturated carbocycles. The Kier molecular flexibility index (Phi) is 3.55. The normalized spacial score (nSPS) is 10.5. The van der Waals surface area contributed by atoms with Crippen LogP contribution < -0.4 is 5.73 Å². The van der Waals surface area contributed by atoms with E-state index in [1.165, 1.54) is 17.2 Å². The molecule has 0 amide bonds. The zero-order valence-electron chi connectivity index (χ0n) is 9.91. The highest BCUT2D eigenvalue weighted by atomic mass is 19.1. The Balaban J connectivity index is 2.42. The summed E-state index contributed by atoms with van der Waals surface area (Å²) in [5.41, 5.74) is 9.99. The molecule has 0 aliphatic heterocycles. The second kappa shape index (κ2) is 5.11. The monoisotopic (exact) mass is 229 g/mol. The van der Waals surface area contributed by atoms with Crippen LogP contribution in [0.2, 0.25) is 0 Å². The molecule has 2 aromatic rings. The van der Waals surface area contributed by atoms with Crippen molar-refractivity contribution in [3.05, 3.63) is 59.4 Å². The first-order chi connectivity index (χ1) is 8.20. The van der Waals surface area contributed by atoms with Crippen molar-refractivity contribution < 1.29 is 4.39 Å². The number of halogens is 1. The molecule has 0 aromatic heterocycles. The summed E-state index contributed by atoms with van der Waals surface area (Å²) in [6.45, 7) is 2.70. The van der Waals surface area contributed by atoms with Crippen molar-refractivity contribution in [2.45, 2.75) is 13.3 Å². The van der Waals surface area contributed by atoms with E-state index in [0.29, 0.717) is 6.54 Å². The largest absolute Gasteiger partial charge is 0.330 e. The van der Waals surface area contributed by atoms with Gasteiger partial charge in [0.25, 0.3) is 0 Å². The van der Waals surface area contributed by atoms with E-state index in [9.17, 15) is 4.39 Å². The molecule has 17 heavy (non-hydrogen) atoms. The van der Waals surface area contributed by atoms with Crippen LogP contribution in [0, 0.1) is 12.7 Å². The van der Waals surface area contributed by atoms with E-state index in [0.717, 1.165) is 17.5 Å². The lowest BCUT2D eigenvalue weighted by atomic mass is 9.98. The van der Waals surface area contributed by atoms with Crippen LogP contribution in [-0.4, -0.2) is 6.54 Å². The van der Waals surface area contributed by atoms with E-state index < -0.39 is 0 Å². The Morgan fingerprint density at radius 1 is 1.06 bits per heavy atom. The van der Waals surface area contributed by atoms with Gasteiger partial charge in [0.1, 0.15) is 5.82 Å². The average Bonchev–Trinajstić information content (AvgIpc) is 2.32. The molecular weight excluding hydrogens is 213 g/mol. The van der Waals surface area contributed by atoms with Gasteiger partial charge in [0.2, 0.25) is 0 Å². The topological polar surface area (TPSA) is 26.0 Å². The highest BCUT2D eigenvalue weighted by Crippen LogP contribution is 2.23. The summed E-state index contributed by atoms with van der Waals surface area (Å²) in [6.07, 6.45) is 0.856. The van der Waals surface area contributed by atoms with Gasteiger partial charge in [-0.05, 0) is 54.3 Å². The molecule has 0 saturated heterocycles. The van der Waals surface area contributed by atoms with Gasteiger partial charge < -0.3 is 5.73 Å². The minimum atomic E-state index is -0.205. The summed E-state index contributed by atoms with van der Waals surface area (Å²) in [4.78, 5) is 0. The molecule has 0 fully saturated rings. The number of benzene rings is 2. The third-order valence-electron chi connectivity index (χ3n) is 2.92. The predicted molar refractivity (Wildman–Crippen MR) is 69.3 cm³/mol. The van der Waals surface area contributed by atoms with Crippen molar-refractivity contribution in [2.75, 3.05) is 6.54 Å². The summed E-state index contributed by atoms with van der Waals surface area (Å²) in [7, 11) is 0. The number of aryl methyl sites for hydroxylation is 1. The first-order valence-electron chi connectivity index (χ1n) is 5.76. The standard InChI is InChI=1S/C15H16FN/c1-11-5-6-14(9-12(11)7-8-17)13-3-2-4-15(16)10-13/h2-6,9-10H,7-8,17H2,1H3. The van der Waals surface area contributed by atoms with Crippen LogP contribution in [0.25, 0.3) is 11.1 Å². The van der Waals surface area contributed by atoms with Crippen molar-refractivity contribution in [3.63, 3.8) is 0 Å². The fraction of sp³-hybridized carbons (Fsp3) is 0.200. The number of rotatable bonds is 3. The number of nitrogens with two attached hydrogens (primary N) is 1. The molecule has 0 aliphatic rings. The van der Waals surface area contributed by atoms with Gasteiger partial charge in [0, 0.05) is 0 Å². The van der Waals surface area contributed by atoms with E-state index >= 15 is 0 Å². The molecule has 1 nitrogen and oxygen atoms in total. The molecule has 2 aromatic carbocycles. The minimum Gasteiger partial charge on any atom is -0.330 e. The summed E-state index contributed by atoms with van der Waals surface area (Å²) in [6, 6.07) is 12.8. The third-order valence-corrected chi connectivity index (χ3v) is 2.92. The van der Waals surface area contributed by atoms with E-state index in [1.54, 1.807) is 12.1 Å². The summed E-state index contributed by atoms with van der Waals surface area (Å²) >= 11 is 0. The van der Waals surface area contributed by atoms with Crippen molar-refractivity contribution in [2.24, 2.45) is 5.73 Å². The van der Waals surface area contributed by atoms with Gasteiger partial charge >= 0.3 is 0 Å². The van der Waals surface area contributed by atoms with Crippen molar-refractivity contribution in [1.29, 1.82) is 0 Å². The molecule has 0 aliphatic carbocycles. The zero-order chi connectivity index (χ0) is 12.3. The maximum atomic E-state index is 13.2. The fourth-order valence-electron chi connectivity index (χ4n) is 1.94. The quantitative estimate of drug-likeness (QED) is 0.858. The molecule has 0 spiro atoms. The van der Waals surface area contributed by atoms with Crippen LogP contribution in [0.1, 0.15) is 11.1 Å². The van der Waals surface area contributed by atoms with Crippen LogP contribution in [0.4, 0.5) is 4.39 Å². The van der Waals surface area contributed by atoms with E-state index in [4.69, 9.17) is 5.73 Å². The molecule has 0 bridgehead atoms. The fourth-order valence-corrected chi connectivity index (χ4v) is 1.94. The van der Waals surface area contributed by atoms with Gasteiger partial charge in [-0.3, -0.25) is 0 Å². The number of hydrogen-bond donors (Lipinski definition) is 1. The highest BCUT2D eigenvalue weighted by Gasteiger charge is 2.03. The van der Waals surface area contributed by atoms with Gasteiger partial charge in [-0.1, -0.05) is 30.3 Å². The average molecular weight is 229 g/mol. The Morgan fingerprint density at radius 2 is 1.82 bits per heavy atom. The first kappa shape index (κ1) is 11.8. The highest BCUT2D eigenvalue weighted by molar-refractivity contribution is 5.64. The van der Waals surface area contributed by atoms with E-state index in [2.05, 4.69) is 19.1 Å². The van der Waals surface area contributed by atoms with Gasteiger partial charge in [0.05, 0.1) is 0 Å². The van der Waals surface area contributed by atoms with Crippen molar-refractivity contribution >= 4 is 0 Å². The third kappa shape index (κ3) is 2.71. The molecule has 0 atom stereocenters. The first-order valence-corrected chi connectivity index (χ1v) is 5.76.